The van der Waals surface area contributed by atoms with Gasteiger partial charge in [0.25, 0.3) is 5.56 Å². The average molecular weight is 310 g/mol. The van der Waals surface area contributed by atoms with Crippen molar-refractivity contribution in [3.63, 3.8) is 0 Å². The molecule has 122 valence electrons. The van der Waals surface area contributed by atoms with Gasteiger partial charge < -0.3 is 10.3 Å². The van der Waals surface area contributed by atoms with E-state index in [2.05, 4.69) is 44.2 Å². The van der Waals surface area contributed by atoms with Gasteiger partial charge in [-0.2, -0.15) is 0 Å². The highest BCUT2D eigenvalue weighted by Gasteiger charge is 2.22. The van der Waals surface area contributed by atoms with E-state index in [1.807, 2.05) is 11.5 Å². The van der Waals surface area contributed by atoms with Crippen LogP contribution < -0.4 is 11.3 Å². The summed E-state index contributed by atoms with van der Waals surface area (Å²) in [5, 5.41) is 0. The van der Waals surface area contributed by atoms with Gasteiger partial charge in [0.05, 0.1) is 6.04 Å². The first-order valence-corrected chi connectivity index (χ1v) is 8.63. The van der Waals surface area contributed by atoms with E-state index in [-0.39, 0.29) is 11.6 Å². The molecule has 0 saturated heterocycles. The van der Waals surface area contributed by atoms with Crippen LogP contribution in [0, 0.1) is 0 Å². The van der Waals surface area contributed by atoms with E-state index < -0.39 is 0 Å². The Bertz CT molecular complexity index is 756. The summed E-state index contributed by atoms with van der Waals surface area (Å²) in [5.74, 6) is 0.498. The summed E-state index contributed by atoms with van der Waals surface area (Å²) in [7, 11) is 0. The Morgan fingerprint density at radius 2 is 1.78 bits per heavy atom. The monoisotopic (exact) mass is 310 g/mol. The Hall–Kier alpha value is -1.87. The minimum absolute atomic E-state index is 0.0774. The van der Waals surface area contributed by atoms with E-state index in [0.29, 0.717) is 12.5 Å². The number of hydrogen-bond donors (Lipinski definition) is 1. The molecule has 1 aliphatic carbocycles. The van der Waals surface area contributed by atoms with Crippen molar-refractivity contribution >= 4 is 0 Å². The first-order chi connectivity index (χ1) is 11.0. The Labute approximate surface area is 138 Å². The van der Waals surface area contributed by atoms with E-state index in [1.54, 1.807) is 0 Å². The lowest BCUT2D eigenvalue weighted by atomic mass is 9.95. The number of benzene rings is 1. The van der Waals surface area contributed by atoms with Crippen molar-refractivity contribution in [2.45, 2.75) is 58.5 Å². The summed E-state index contributed by atoms with van der Waals surface area (Å²) in [6, 6.07) is 10.0. The maximum atomic E-state index is 12.8. The van der Waals surface area contributed by atoms with Crippen molar-refractivity contribution in [2.75, 3.05) is 0 Å². The standard InChI is InChI=1S/C20H26N2O/c1-4-22-18-7-5-6-16(18)12-17(20(22)23)19(21)15-10-8-14(9-11-15)13(2)3/h8-13,19H,4-7,21H2,1-3H3. The van der Waals surface area contributed by atoms with Crippen LogP contribution in [0.25, 0.3) is 0 Å². The van der Waals surface area contributed by atoms with Crippen LogP contribution in [0.5, 0.6) is 0 Å². The average Bonchev–Trinajstić information content (AvgIpc) is 3.02. The fraction of sp³-hybridized carbons (Fsp3) is 0.450. The summed E-state index contributed by atoms with van der Waals surface area (Å²) in [6.45, 7) is 7.10. The van der Waals surface area contributed by atoms with E-state index in [1.165, 1.54) is 16.8 Å². The van der Waals surface area contributed by atoms with Crippen LogP contribution in [0.15, 0.2) is 35.1 Å². The zero-order valence-corrected chi connectivity index (χ0v) is 14.3. The van der Waals surface area contributed by atoms with Gasteiger partial charge in [-0.05, 0) is 54.9 Å². The Kier molecular flexibility index (Phi) is 4.40. The first-order valence-electron chi connectivity index (χ1n) is 8.63. The van der Waals surface area contributed by atoms with Crippen LogP contribution in [0.1, 0.15) is 67.1 Å². The van der Waals surface area contributed by atoms with Crippen LogP contribution in [-0.4, -0.2) is 4.57 Å². The van der Waals surface area contributed by atoms with Crippen molar-refractivity contribution in [3.05, 3.63) is 68.6 Å². The smallest absolute Gasteiger partial charge is 0.255 e. The first kappa shape index (κ1) is 16.0. The zero-order chi connectivity index (χ0) is 16.6. The Balaban J connectivity index is 2.02. The molecular formula is C20H26N2O. The molecule has 0 radical (unpaired) electrons. The maximum absolute atomic E-state index is 12.8. The van der Waals surface area contributed by atoms with Gasteiger partial charge >= 0.3 is 0 Å². The number of rotatable bonds is 4. The van der Waals surface area contributed by atoms with Gasteiger partial charge in [-0.25, -0.2) is 0 Å². The molecular weight excluding hydrogens is 284 g/mol. The summed E-state index contributed by atoms with van der Waals surface area (Å²) in [6.07, 6.45) is 3.20. The van der Waals surface area contributed by atoms with E-state index in [9.17, 15) is 4.79 Å². The molecule has 0 spiro atoms. The third-order valence-corrected chi connectivity index (χ3v) is 4.99. The van der Waals surface area contributed by atoms with Crippen molar-refractivity contribution in [1.82, 2.24) is 4.57 Å². The summed E-state index contributed by atoms with van der Waals surface area (Å²) >= 11 is 0. The zero-order valence-electron chi connectivity index (χ0n) is 14.3. The highest BCUT2D eigenvalue weighted by Crippen LogP contribution is 2.26. The van der Waals surface area contributed by atoms with Gasteiger partial charge in [0, 0.05) is 17.8 Å². The molecule has 0 aliphatic heterocycles. The van der Waals surface area contributed by atoms with Crippen LogP contribution in [0.3, 0.4) is 0 Å². The van der Waals surface area contributed by atoms with Crippen LogP contribution in [0.2, 0.25) is 0 Å². The predicted octanol–water partition coefficient (Wildman–Crippen LogP) is 3.53. The second-order valence-corrected chi connectivity index (χ2v) is 6.77. The molecule has 3 nitrogen and oxygen atoms in total. The summed E-state index contributed by atoms with van der Waals surface area (Å²) in [4.78, 5) is 12.8. The molecule has 0 saturated carbocycles. The van der Waals surface area contributed by atoms with Gasteiger partial charge in [0.1, 0.15) is 0 Å². The predicted molar refractivity (Wildman–Crippen MR) is 95.0 cm³/mol. The molecule has 1 unspecified atom stereocenters. The third kappa shape index (κ3) is 2.86. The SMILES string of the molecule is CCn1c2c(cc(C(N)c3ccc(C(C)C)cc3)c1=O)CCC2. The fourth-order valence-electron chi connectivity index (χ4n) is 3.57. The van der Waals surface area contributed by atoms with Crippen molar-refractivity contribution in [1.29, 1.82) is 0 Å². The number of nitrogens with two attached hydrogens (primary N) is 1. The van der Waals surface area contributed by atoms with E-state index in [4.69, 9.17) is 5.73 Å². The molecule has 1 aromatic carbocycles. The van der Waals surface area contributed by atoms with Gasteiger partial charge in [-0.1, -0.05) is 38.1 Å². The maximum Gasteiger partial charge on any atom is 0.255 e. The Morgan fingerprint density at radius 3 is 2.39 bits per heavy atom. The van der Waals surface area contributed by atoms with Crippen LogP contribution >= 0.6 is 0 Å². The minimum atomic E-state index is -0.354. The highest BCUT2D eigenvalue weighted by atomic mass is 16.1. The van der Waals surface area contributed by atoms with Gasteiger partial charge in [-0.3, -0.25) is 4.79 Å². The molecule has 1 aliphatic rings. The molecule has 1 aromatic heterocycles. The second-order valence-electron chi connectivity index (χ2n) is 6.77. The van der Waals surface area contributed by atoms with Crippen LogP contribution in [-0.2, 0) is 19.4 Å². The summed E-state index contributed by atoms with van der Waals surface area (Å²) in [5.41, 5.74) is 12.1. The van der Waals surface area contributed by atoms with Gasteiger partial charge in [0.2, 0.25) is 0 Å². The largest absolute Gasteiger partial charge is 0.320 e. The molecule has 3 heteroatoms. The minimum Gasteiger partial charge on any atom is -0.320 e. The van der Waals surface area contributed by atoms with Crippen molar-refractivity contribution < 1.29 is 0 Å². The second kappa shape index (κ2) is 6.32. The Morgan fingerprint density at radius 1 is 1.13 bits per heavy atom. The molecule has 23 heavy (non-hydrogen) atoms. The molecule has 1 atom stereocenters. The van der Waals surface area contributed by atoms with E-state index in [0.717, 1.165) is 30.4 Å². The molecule has 0 bridgehead atoms. The summed E-state index contributed by atoms with van der Waals surface area (Å²) < 4.78 is 1.92. The van der Waals surface area contributed by atoms with Gasteiger partial charge in [-0.15, -0.1) is 0 Å². The molecule has 3 rings (SSSR count). The third-order valence-electron chi connectivity index (χ3n) is 4.99. The number of aromatic nitrogens is 1. The van der Waals surface area contributed by atoms with Crippen molar-refractivity contribution in [2.24, 2.45) is 5.73 Å². The topological polar surface area (TPSA) is 48.0 Å². The number of hydrogen-bond acceptors (Lipinski definition) is 2. The number of aryl methyl sites for hydroxylation is 1. The lowest BCUT2D eigenvalue weighted by Gasteiger charge is -2.18. The molecule has 1 heterocycles. The molecule has 2 aromatic rings. The quantitative estimate of drug-likeness (QED) is 0.939. The fourth-order valence-corrected chi connectivity index (χ4v) is 3.57. The van der Waals surface area contributed by atoms with Crippen LogP contribution in [0.4, 0.5) is 0 Å². The lowest BCUT2D eigenvalue weighted by molar-refractivity contribution is 0.663. The van der Waals surface area contributed by atoms with Gasteiger partial charge in [0.15, 0.2) is 0 Å². The molecule has 0 fully saturated rings. The van der Waals surface area contributed by atoms with Crippen molar-refractivity contribution in [3.8, 4) is 0 Å². The van der Waals surface area contributed by atoms with E-state index >= 15 is 0 Å². The molecule has 2 N–H and O–H groups in total. The number of pyridine rings is 1. The normalized spacial score (nSPS) is 15.0. The molecule has 0 amide bonds. The lowest BCUT2D eigenvalue weighted by Crippen LogP contribution is -2.30. The number of fused-ring (bicyclic) bond motifs is 1. The highest BCUT2D eigenvalue weighted by molar-refractivity contribution is 5.37. The number of nitrogens with zero attached hydrogens (tertiary/aromatic N) is 1.